The summed E-state index contributed by atoms with van der Waals surface area (Å²) in [5.41, 5.74) is 2.50. The van der Waals surface area contributed by atoms with Crippen molar-refractivity contribution in [3.8, 4) is 0 Å². The zero-order valence-corrected chi connectivity index (χ0v) is 14.7. The van der Waals surface area contributed by atoms with Crippen LogP contribution in [0, 0.1) is 17.8 Å². The lowest BCUT2D eigenvalue weighted by molar-refractivity contribution is 0.200. The summed E-state index contributed by atoms with van der Waals surface area (Å²) < 4.78 is 0. The van der Waals surface area contributed by atoms with Crippen LogP contribution in [0.5, 0.6) is 0 Å². The van der Waals surface area contributed by atoms with Crippen LogP contribution in [0.3, 0.4) is 0 Å². The predicted octanol–water partition coefficient (Wildman–Crippen LogP) is 5.93. The zero-order valence-electron chi connectivity index (χ0n) is 13.2. The summed E-state index contributed by atoms with van der Waals surface area (Å²) in [6.45, 7) is 2.17. The van der Waals surface area contributed by atoms with Crippen LogP contribution in [0.4, 0.5) is 0 Å². The summed E-state index contributed by atoms with van der Waals surface area (Å²) in [5.74, 6) is 2.53. The van der Waals surface area contributed by atoms with Gasteiger partial charge in [-0.3, -0.25) is 0 Å². The highest BCUT2D eigenvalue weighted by molar-refractivity contribution is 6.42. The third-order valence-corrected chi connectivity index (χ3v) is 6.18. The highest BCUT2D eigenvalue weighted by Gasteiger charge is 2.44. The van der Waals surface area contributed by atoms with Gasteiger partial charge in [0.15, 0.2) is 0 Å². The molecular formula is C18H23Cl2NO. The van der Waals surface area contributed by atoms with E-state index in [2.05, 4.69) is 18.1 Å². The Bertz CT molecular complexity index is 572. The molecule has 2 fully saturated rings. The second-order valence-electron chi connectivity index (χ2n) is 6.60. The molecule has 2 saturated carbocycles. The van der Waals surface area contributed by atoms with Crippen molar-refractivity contribution < 1.29 is 4.84 Å². The van der Waals surface area contributed by atoms with Crippen LogP contribution in [0.25, 0.3) is 0 Å². The van der Waals surface area contributed by atoms with E-state index < -0.39 is 0 Å². The van der Waals surface area contributed by atoms with E-state index in [4.69, 9.17) is 28.0 Å². The summed E-state index contributed by atoms with van der Waals surface area (Å²) in [4.78, 5) is 5.12. The van der Waals surface area contributed by atoms with Crippen molar-refractivity contribution in [2.24, 2.45) is 22.9 Å². The van der Waals surface area contributed by atoms with E-state index in [1.165, 1.54) is 37.0 Å². The molecular weight excluding hydrogens is 317 g/mol. The highest BCUT2D eigenvalue weighted by Crippen LogP contribution is 2.53. The minimum Gasteiger partial charge on any atom is -0.399 e. The fraction of sp³-hybridized carbons (Fsp3) is 0.611. The van der Waals surface area contributed by atoms with Crippen LogP contribution in [0.15, 0.2) is 23.4 Å². The molecule has 0 aliphatic heterocycles. The van der Waals surface area contributed by atoms with E-state index in [-0.39, 0.29) is 0 Å². The Hall–Kier alpha value is -0.730. The number of benzene rings is 1. The fourth-order valence-corrected chi connectivity index (χ4v) is 4.86. The van der Waals surface area contributed by atoms with Crippen LogP contribution in [0.2, 0.25) is 10.0 Å². The monoisotopic (exact) mass is 339 g/mol. The van der Waals surface area contributed by atoms with Gasteiger partial charge in [0.1, 0.15) is 7.11 Å². The van der Waals surface area contributed by atoms with Crippen molar-refractivity contribution in [1.82, 2.24) is 0 Å². The Balaban J connectivity index is 1.98. The van der Waals surface area contributed by atoms with Crippen LogP contribution in [-0.4, -0.2) is 12.8 Å². The molecule has 2 nitrogen and oxygen atoms in total. The molecule has 2 aliphatic rings. The van der Waals surface area contributed by atoms with E-state index in [9.17, 15) is 0 Å². The van der Waals surface area contributed by atoms with Gasteiger partial charge in [-0.05, 0) is 61.1 Å². The highest BCUT2D eigenvalue weighted by atomic mass is 35.5. The molecule has 4 heteroatoms. The van der Waals surface area contributed by atoms with E-state index >= 15 is 0 Å². The van der Waals surface area contributed by atoms with Gasteiger partial charge in [0, 0.05) is 5.92 Å². The molecule has 1 aromatic rings. The SMILES string of the molecule is CCC(=NOC)[C@@H]1[C@@H]2CCC(C2)C[C@H]1c1ccc(Cl)c(Cl)c1. The Morgan fingerprint density at radius 1 is 1.23 bits per heavy atom. The van der Waals surface area contributed by atoms with E-state index in [0.717, 1.165) is 18.3 Å². The molecule has 120 valence electrons. The number of hydrogen-bond donors (Lipinski definition) is 0. The molecule has 2 bridgehead atoms. The first-order valence-corrected chi connectivity index (χ1v) is 8.94. The summed E-state index contributed by atoms with van der Waals surface area (Å²) in [7, 11) is 1.64. The predicted molar refractivity (Wildman–Crippen MR) is 92.9 cm³/mol. The Morgan fingerprint density at radius 3 is 2.73 bits per heavy atom. The number of nitrogens with zero attached hydrogens (tertiary/aromatic N) is 1. The molecule has 22 heavy (non-hydrogen) atoms. The normalized spacial score (nSPS) is 31.4. The lowest BCUT2D eigenvalue weighted by Crippen LogP contribution is -2.32. The van der Waals surface area contributed by atoms with Crippen LogP contribution in [0.1, 0.15) is 50.5 Å². The molecule has 0 amide bonds. The first-order chi connectivity index (χ1) is 10.6. The lowest BCUT2D eigenvalue weighted by Gasteiger charge is -2.37. The number of rotatable bonds is 4. The molecule has 0 heterocycles. The van der Waals surface area contributed by atoms with E-state index in [1.807, 2.05) is 12.1 Å². The van der Waals surface area contributed by atoms with Gasteiger partial charge in [0.25, 0.3) is 0 Å². The minimum atomic E-state index is 0.473. The van der Waals surface area contributed by atoms with Gasteiger partial charge in [0.05, 0.1) is 15.8 Å². The summed E-state index contributed by atoms with van der Waals surface area (Å²) in [6, 6.07) is 6.11. The van der Waals surface area contributed by atoms with Gasteiger partial charge >= 0.3 is 0 Å². The first kappa shape index (κ1) is 16.1. The molecule has 1 aromatic carbocycles. The Morgan fingerprint density at radius 2 is 2.05 bits per heavy atom. The second kappa shape index (κ2) is 6.80. The smallest absolute Gasteiger partial charge is 0.106 e. The molecule has 0 aromatic heterocycles. The average Bonchev–Trinajstić information content (AvgIpc) is 2.90. The standard InChI is InChI=1S/C18H23Cl2NO/c1-3-17(21-22-2)18-13-5-4-11(8-13)9-14(18)12-6-7-15(19)16(20)10-12/h6-7,10-11,13-14,18H,3-5,8-9H2,1-2H3/t11?,13-,14+,18-/m1/s1. The van der Waals surface area contributed by atoms with E-state index in [0.29, 0.717) is 21.9 Å². The molecule has 0 N–H and O–H groups in total. The van der Waals surface area contributed by atoms with Crippen molar-refractivity contribution in [2.75, 3.05) is 7.11 Å². The van der Waals surface area contributed by atoms with Crippen molar-refractivity contribution in [1.29, 1.82) is 0 Å². The number of hydrogen-bond acceptors (Lipinski definition) is 2. The maximum atomic E-state index is 6.26. The number of halogens is 2. The van der Waals surface area contributed by atoms with Gasteiger partial charge in [-0.2, -0.15) is 0 Å². The Kier molecular flexibility index (Phi) is 4.99. The lowest BCUT2D eigenvalue weighted by atomic mass is 9.67. The van der Waals surface area contributed by atoms with Gasteiger partial charge in [0.2, 0.25) is 0 Å². The molecule has 1 unspecified atom stereocenters. The summed E-state index contributed by atoms with van der Waals surface area (Å²) in [6.07, 6.45) is 6.17. The number of fused-ring (bicyclic) bond motifs is 2. The third-order valence-electron chi connectivity index (χ3n) is 5.44. The van der Waals surface area contributed by atoms with Crippen LogP contribution >= 0.6 is 23.2 Å². The maximum absolute atomic E-state index is 6.26. The second-order valence-corrected chi connectivity index (χ2v) is 7.41. The quantitative estimate of drug-likeness (QED) is 0.492. The first-order valence-electron chi connectivity index (χ1n) is 8.18. The van der Waals surface area contributed by atoms with Crippen molar-refractivity contribution in [3.05, 3.63) is 33.8 Å². The van der Waals surface area contributed by atoms with Crippen LogP contribution < -0.4 is 0 Å². The number of oxime groups is 1. The maximum Gasteiger partial charge on any atom is 0.106 e. The summed E-state index contributed by atoms with van der Waals surface area (Å²) in [5, 5.41) is 5.63. The van der Waals surface area contributed by atoms with Crippen molar-refractivity contribution in [2.45, 2.75) is 44.9 Å². The average molecular weight is 340 g/mol. The Labute approximate surface area is 142 Å². The third kappa shape index (κ3) is 3.00. The van der Waals surface area contributed by atoms with Crippen molar-refractivity contribution in [3.63, 3.8) is 0 Å². The molecule has 0 radical (unpaired) electrons. The van der Waals surface area contributed by atoms with E-state index in [1.54, 1.807) is 7.11 Å². The minimum absolute atomic E-state index is 0.473. The topological polar surface area (TPSA) is 21.6 Å². The molecule has 3 rings (SSSR count). The molecule has 0 saturated heterocycles. The fourth-order valence-electron chi connectivity index (χ4n) is 4.56. The zero-order chi connectivity index (χ0) is 15.7. The van der Waals surface area contributed by atoms with Gasteiger partial charge in [-0.1, -0.05) is 47.8 Å². The van der Waals surface area contributed by atoms with Gasteiger partial charge < -0.3 is 4.84 Å². The van der Waals surface area contributed by atoms with Crippen LogP contribution in [-0.2, 0) is 4.84 Å². The van der Waals surface area contributed by atoms with Crippen molar-refractivity contribution >= 4 is 28.9 Å². The molecule has 0 spiro atoms. The largest absolute Gasteiger partial charge is 0.399 e. The van der Waals surface area contributed by atoms with Gasteiger partial charge in [-0.25, -0.2) is 0 Å². The summed E-state index contributed by atoms with van der Waals surface area (Å²) >= 11 is 12.3. The van der Waals surface area contributed by atoms with Gasteiger partial charge in [-0.15, -0.1) is 0 Å². The molecule has 2 aliphatic carbocycles. The molecule has 4 atom stereocenters.